The molecule has 1 atom stereocenters. The Morgan fingerprint density at radius 3 is 2.42 bits per heavy atom. The van der Waals surface area contributed by atoms with Crippen molar-refractivity contribution in [1.82, 2.24) is 5.32 Å². The number of nitrogens with one attached hydrogen (secondary N) is 2. The van der Waals surface area contributed by atoms with Crippen molar-refractivity contribution < 1.29 is 18.0 Å². The Labute approximate surface area is 142 Å². The van der Waals surface area contributed by atoms with E-state index in [1.54, 1.807) is 24.3 Å². The molecule has 0 aromatic heterocycles. The molecular formula is C17H16ClF3N2O. The van der Waals surface area contributed by atoms with Crippen molar-refractivity contribution in [2.75, 3.05) is 11.9 Å². The first-order chi connectivity index (χ1) is 11.3. The van der Waals surface area contributed by atoms with Gasteiger partial charge in [0, 0.05) is 0 Å². The third-order valence-electron chi connectivity index (χ3n) is 3.35. The molecule has 0 saturated heterocycles. The maximum Gasteiger partial charge on any atom is 0.416 e. The van der Waals surface area contributed by atoms with Crippen LogP contribution in [0.5, 0.6) is 0 Å². The molecule has 3 nitrogen and oxygen atoms in total. The second-order valence-electron chi connectivity index (χ2n) is 5.08. The normalized spacial score (nSPS) is 12.7. The molecule has 0 aliphatic rings. The van der Waals surface area contributed by atoms with Gasteiger partial charge in [-0.15, -0.1) is 0 Å². The molecule has 128 valence electrons. The van der Waals surface area contributed by atoms with Crippen molar-refractivity contribution in [3.8, 4) is 0 Å². The Morgan fingerprint density at radius 2 is 1.83 bits per heavy atom. The number of carbonyl (C=O) groups is 1. The van der Waals surface area contributed by atoms with Gasteiger partial charge < -0.3 is 10.6 Å². The van der Waals surface area contributed by atoms with Gasteiger partial charge in [0.25, 0.3) is 0 Å². The second kappa shape index (κ2) is 7.68. The van der Waals surface area contributed by atoms with Crippen LogP contribution in [0.2, 0.25) is 5.02 Å². The highest BCUT2D eigenvalue weighted by atomic mass is 35.5. The average Bonchev–Trinajstić information content (AvgIpc) is 2.54. The highest BCUT2D eigenvalue weighted by molar-refractivity contribution is 6.33. The van der Waals surface area contributed by atoms with E-state index in [1.807, 2.05) is 13.0 Å². The summed E-state index contributed by atoms with van der Waals surface area (Å²) in [6.07, 6.45) is -4.51. The van der Waals surface area contributed by atoms with Crippen LogP contribution < -0.4 is 10.6 Å². The molecule has 1 amide bonds. The lowest BCUT2D eigenvalue weighted by Crippen LogP contribution is -2.33. The Morgan fingerprint density at radius 1 is 1.17 bits per heavy atom. The van der Waals surface area contributed by atoms with E-state index in [0.717, 1.165) is 18.2 Å². The van der Waals surface area contributed by atoms with E-state index in [0.29, 0.717) is 12.1 Å². The van der Waals surface area contributed by atoms with Crippen molar-refractivity contribution >= 4 is 23.2 Å². The van der Waals surface area contributed by atoms with Gasteiger partial charge in [0.2, 0.25) is 5.91 Å². The number of rotatable bonds is 5. The van der Waals surface area contributed by atoms with Crippen molar-refractivity contribution in [2.24, 2.45) is 0 Å². The van der Waals surface area contributed by atoms with Gasteiger partial charge in [0.05, 0.1) is 16.3 Å². The molecule has 0 bridgehead atoms. The van der Waals surface area contributed by atoms with Gasteiger partial charge in [-0.2, -0.15) is 13.2 Å². The number of benzene rings is 2. The van der Waals surface area contributed by atoms with Crippen LogP contribution in [0.15, 0.2) is 48.5 Å². The van der Waals surface area contributed by atoms with Gasteiger partial charge in [-0.3, -0.25) is 4.79 Å². The van der Waals surface area contributed by atoms with Crippen molar-refractivity contribution in [3.63, 3.8) is 0 Å². The van der Waals surface area contributed by atoms with Crippen molar-refractivity contribution in [1.29, 1.82) is 0 Å². The zero-order valence-corrected chi connectivity index (χ0v) is 13.6. The standard InChI is InChI=1S/C17H16ClF3N2O/c1-2-22-15(11-6-4-3-5-7-11)16(24)23-14-10-12(17(19,20)21)8-9-13(14)18/h3-10,15,22H,2H2,1H3,(H,23,24). The fourth-order valence-corrected chi connectivity index (χ4v) is 2.38. The number of alkyl halides is 3. The Kier molecular flexibility index (Phi) is 5.85. The molecule has 0 heterocycles. The van der Waals surface area contributed by atoms with Crippen LogP contribution in [0.25, 0.3) is 0 Å². The predicted octanol–water partition coefficient (Wildman–Crippen LogP) is 4.65. The van der Waals surface area contributed by atoms with E-state index in [1.165, 1.54) is 0 Å². The summed E-state index contributed by atoms with van der Waals surface area (Å²) in [5.41, 5.74) is -0.239. The molecule has 2 aromatic carbocycles. The molecule has 2 rings (SSSR count). The van der Waals surface area contributed by atoms with Crippen LogP contribution in [-0.2, 0) is 11.0 Å². The first-order valence-electron chi connectivity index (χ1n) is 7.29. The van der Waals surface area contributed by atoms with Gasteiger partial charge in [-0.1, -0.05) is 48.9 Å². The van der Waals surface area contributed by atoms with Crippen LogP contribution >= 0.6 is 11.6 Å². The highest BCUT2D eigenvalue weighted by Gasteiger charge is 2.31. The third kappa shape index (κ3) is 4.49. The monoisotopic (exact) mass is 356 g/mol. The summed E-state index contributed by atoms with van der Waals surface area (Å²) in [6, 6.07) is 11.0. The molecule has 0 radical (unpaired) electrons. The molecule has 0 aliphatic heterocycles. The molecule has 0 spiro atoms. The largest absolute Gasteiger partial charge is 0.416 e. The molecular weight excluding hydrogens is 341 g/mol. The number of halogens is 4. The van der Waals surface area contributed by atoms with Gasteiger partial charge in [-0.05, 0) is 30.3 Å². The fourth-order valence-electron chi connectivity index (χ4n) is 2.21. The summed E-state index contributed by atoms with van der Waals surface area (Å²) < 4.78 is 38.4. The molecule has 0 aliphatic carbocycles. The van der Waals surface area contributed by atoms with E-state index in [4.69, 9.17) is 11.6 Å². The van der Waals surface area contributed by atoms with Gasteiger partial charge >= 0.3 is 6.18 Å². The highest BCUT2D eigenvalue weighted by Crippen LogP contribution is 2.34. The van der Waals surface area contributed by atoms with Crippen LogP contribution in [0.3, 0.4) is 0 Å². The Hall–Kier alpha value is -2.05. The third-order valence-corrected chi connectivity index (χ3v) is 3.68. The first kappa shape index (κ1) is 18.3. The summed E-state index contributed by atoms with van der Waals surface area (Å²) in [4.78, 5) is 12.5. The minimum Gasteiger partial charge on any atom is -0.323 e. The van der Waals surface area contributed by atoms with Gasteiger partial charge in [-0.25, -0.2) is 0 Å². The Balaban J connectivity index is 2.27. The summed E-state index contributed by atoms with van der Waals surface area (Å²) in [7, 11) is 0. The first-order valence-corrected chi connectivity index (χ1v) is 7.66. The average molecular weight is 357 g/mol. The van der Waals surface area contributed by atoms with Crippen LogP contribution in [0.4, 0.5) is 18.9 Å². The van der Waals surface area contributed by atoms with Gasteiger partial charge in [0.1, 0.15) is 6.04 Å². The number of carbonyl (C=O) groups excluding carboxylic acids is 1. The quantitative estimate of drug-likeness (QED) is 0.818. The molecule has 1 unspecified atom stereocenters. The topological polar surface area (TPSA) is 41.1 Å². The van der Waals surface area contributed by atoms with Crippen LogP contribution in [0.1, 0.15) is 24.1 Å². The molecule has 0 saturated carbocycles. The van der Waals surface area contributed by atoms with Crippen molar-refractivity contribution in [3.05, 3.63) is 64.7 Å². The fraction of sp³-hybridized carbons (Fsp3) is 0.235. The molecule has 7 heteroatoms. The van der Waals surface area contributed by atoms with E-state index in [-0.39, 0.29) is 10.7 Å². The summed E-state index contributed by atoms with van der Waals surface area (Å²) in [5.74, 6) is -0.482. The Bertz CT molecular complexity index is 705. The lowest BCUT2D eigenvalue weighted by molar-refractivity contribution is -0.137. The van der Waals surface area contributed by atoms with E-state index >= 15 is 0 Å². The van der Waals surface area contributed by atoms with Crippen LogP contribution in [-0.4, -0.2) is 12.5 Å². The number of amides is 1. The second-order valence-corrected chi connectivity index (χ2v) is 5.49. The lowest BCUT2D eigenvalue weighted by atomic mass is 10.1. The summed E-state index contributed by atoms with van der Waals surface area (Å²) >= 11 is 5.92. The SMILES string of the molecule is CCNC(C(=O)Nc1cc(C(F)(F)F)ccc1Cl)c1ccccc1. The maximum atomic E-state index is 12.8. The number of anilines is 1. The summed E-state index contributed by atoms with van der Waals surface area (Å²) in [6.45, 7) is 2.35. The van der Waals surface area contributed by atoms with Crippen LogP contribution in [0, 0.1) is 0 Å². The molecule has 2 N–H and O–H groups in total. The minimum atomic E-state index is -4.51. The van der Waals surface area contributed by atoms with E-state index in [2.05, 4.69) is 10.6 Å². The number of hydrogen-bond donors (Lipinski definition) is 2. The number of hydrogen-bond acceptors (Lipinski definition) is 2. The molecule has 24 heavy (non-hydrogen) atoms. The summed E-state index contributed by atoms with van der Waals surface area (Å²) in [5, 5.41) is 5.52. The predicted molar refractivity (Wildman–Crippen MR) is 87.9 cm³/mol. The molecule has 2 aromatic rings. The zero-order valence-electron chi connectivity index (χ0n) is 12.8. The van der Waals surface area contributed by atoms with Gasteiger partial charge in [0.15, 0.2) is 0 Å². The zero-order chi connectivity index (χ0) is 17.7. The maximum absolute atomic E-state index is 12.8. The lowest BCUT2D eigenvalue weighted by Gasteiger charge is -2.19. The van der Waals surface area contributed by atoms with E-state index in [9.17, 15) is 18.0 Å². The van der Waals surface area contributed by atoms with Crippen molar-refractivity contribution in [2.45, 2.75) is 19.1 Å². The van der Waals surface area contributed by atoms with E-state index < -0.39 is 23.7 Å². The molecule has 0 fully saturated rings. The smallest absolute Gasteiger partial charge is 0.323 e. The minimum absolute atomic E-state index is 0.0414. The number of likely N-dealkylation sites (N-methyl/N-ethyl adjacent to an activating group) is 1.